The van der Waals surface area contributed by atoms with Crippen LogP contribution in [-0.2, 0) is 0 Å². The van der Waals surface area contributed by atoms with E-state index in [4.69, 9.17) is 17.2 Å². The topological polar surface area (TPSA) is 93.3 Å². The van der Waals surface area contributed by atoms with E-state index < -0.39 is 0 Å². The van der Waals surface area contributed by atoms with Crippen molar-refractivity contribution in [1.82, 2.24) is 10.2 Å². The molecule has 0 aromatic rings. The average molecular weight is 217 g/mol. The number of rotatable bonds is 9. The summed E-state index contributed by atoms with van der Waals surface area (Å²) in [6, 6.07) is 0. The molecular formula is C10H27N5. The van der Waals surface area contributed by atoms with Crippen LogP contribution in [0.3, 0.4) is 0 Å². The molecule has 5 nitrogen and oxygen atoms in total. The molecule has 0 aromatic heterocycles. The number of nitrogens with one attached hydrogen (secondary N) is 1. The zero-order chi connectivity index (χ0) is 11.7. The van der Waals surface area contributed by atoms with Crippen molar-refractivity contribution in [2.45, 2.75) is 19.4 Å². The third-order valence-corrected chi connectivity index (χ3v) is 2.53. The Balaban J connectivity index is 4.08. The van der Waals surface area contributed by atoms with Crippen LogP contribution in [-0.4, -0.2) is 56.3 Å². The second-order valence-corrected chi connectivity index (χ2v) is 4.34. The van der Waals surface area contributed by atoms with Gasteiger partial charge >= 0.3 is 0 Å². The molecule has 5 heteroatoms. The van der Waals surface area contributed by atoms with E-state index in [1.807, 2.05) is 0 Å². The van der Waals surface area contributed by atoms with Gasteiger partial charge < -0.3 is 22.5 Å². The largest absolute Gasteiger partial charge is 0.329 e. The van der Waals surface area contributed by atoms with Gasteiger partial charge in [-0.1, -0.05) is 0 Å². The normalized spacial score (nSPS) is 12.4. The Morgan fingerprint density at radius 3 is 1.93 bits per heavy atom. The average Bonchev–Trinajstić information content (AvgIpc) is 2.18. The van der Waals surface area contributed by atoms with E-state index >= 15 is 0 Å². The first kappa shape index (κ1) is 14.8. The maximum atomic E-state index is 5.59. The van der Waals surface area contributed by atoms with Gasteiger partial charge in [-0.3, -0.25) is 4.90 Å². The lowest BCUT2D eigenvalue weighted by Crippen LogP contribution is -2.54. The Morgan fingerprint density at radius 1 is 1.00 bits per heavy atom. The lowest BCUT2D eigenvalue weighted by Gasteiger charge is -2.38. The molecule has 0 spiro atoms. The SMILES string of the molecule is CC(C)(CNCCN)N(CCN)CCN. The van der Waals surface area contributed by atoms with Crippen LogP contribution in [0.25, 0.3) is 0 Å². The van der Waals surface area contributed by atoms with Crippen LogP contribution in [0.2, 0.25) is 0 Å². The van der Waals surface area contributed by atoms with E-state index in [9.17, 15) is 0 Å². The zero-order valence-corrected chi connectivity index (χ0v) is 10.1. The van der Waals surface area contributed by atoms with Crippen molar-refractivity contribution >= 4 is 0 Å². The molecule has 0 heterocycles. The highest BCUT2D eigenvalue weighted by Gasteiger charge is 2.24. The maximum absolute atomic E-state index is 5.59. The fourth-order valence-electron chi connectivity index (χ4n) is 1.64. The molecule has 92 valence electrons. The third kappa shape index (κ3) is 6.06. The van der Waals surface area contributed by atoms with E-state index in [0.29, 0.717) is 19.6 Å². The highest BCUT2D eigenvalue weighted by Crippen LogP contribution is 2.11. The molecular weight excluding hydrogens is 190 g/mol. The quantitative estimate of drug-likeness (QED) is 0.354. The molecule has 0 radical (unpaired) electrons. The summed E-state index contributed by atoms with van der Waals surface area (Å²) in [4.78, 5) is 2.32. The fourth-order valence-corrected chi connectivity index (χ4v) is 1.64. The van der Waals surface area contributed by atoms with Crippen molar-refractivity contribution in [3.8, 4) is 0 Å². The van der Waals surface area contributed by atoms with Crippen molar-refractivity contribution in [1.29, 1.82) is 0 Å². The number of nitrogens with two attached hydrogens (primary N) is 3. The molecule has 0 bridgehead atoms. The fraction of sp³-hybridized carbons (Fsp3) is 1.00. The first-order valence-electron chi connectivity index (χ1n) is 5.64. The Labute approximate surface area is 93.4 Å². The summed E-state index contributed by atoms with van der Waals surface area (Å²) >= 11 is 0. The van der Waals surface area contributed by atoms with Gasteiger partial charge in [-0.05, 0) is 13.8 Å². The smallest absolute Gasteiger partial charge is 0.0278 e. The molecule has 0 atom stereocenters. The number of nitrogens with zero attached hydrogens (tertiary/aromatic N) is 1. The van der Waals surface area contributed by atoms with Gasteiger partial charge in [-0.2, -0.15) is 0 Å². The van der Waals surface area contributed by atoms with Gasteiger partial charge in [-0.15, -0.1) is 0 Å². The summed E-state index contributed by atoms with van der Waals surface area (Å²) in [5, 5.41) is 3.32. The molecule has 0 fully saturated rings. The Kier molecular flexibility index (Phi) is 7.90. The van der Waals surface area contributed by atoms with Crippen molar-refractivity contribution < 1.29 is 0 Å². The minimum Gasteiger partial charge on any atom is -0.329 e. The molecule has 15 heavy (non-hydrogen) atoms. The molecule has 0 unspecified atom stereocenters. The summed E-state index contributed by atoms with van der Waals surface area (Å²) in [7, 11) is 0. The monoisotopic (exact) mass is 217 g/mol. The molecule has 0 aliphatic carbocycles. The van der Waals surface area contributed by atoms with E-state index in [1.54, 1.807) is 0 Å². The molecule has 0 aliphatic rings. The Morgan fingerprint density at radius 2 is 1.53 bits per heavy atom. The first-order chi connectivity index (χ1) is 7.08. The lowest BCUT2D eigenvalue weighted by molar-refractivity contribution is 0.126. The molecule has 0 aromatic carbocycles. The minimum absolute atomic E-state index is 0.0773. The molecule has 0 aliphatic heterocycles. The van der Waals surface area contributed by atoms with E-state index in [2.05, 4.69) is 24.1 Å². The second kappa shape index (κ2) is 8.01. The van der Waals surface area contributed by atoms with Gasteiger partial charge in [0.05, 0.1) is 0 Å². The summed E-state index contributed by atoms with van der Waals surface area (Å²) in [5.74, 6) is 0. The molecule has 0 saturated heterocycles. The summed E-state index contributed by atoms with van der Waals surface area (Å²) in [6.45, 7) is 9.92. The van der Waals surface area contributed by atoms with Crippen LogP contribution in [0.5, 0.6) is 0 Å². The second-order valence-electron chi connectivity index (χ2n) is 4.34. The van der Waals surface area contributed by atoms with Crippen LogP contribution in [0, 0.1) is 0 Å². The van der Waals surface area contributed by atoms with Crippen molar-refractivity contribution in [3.05, 3.63) is 0 Å². The summed E-state index contributed by atoms with van der Waals surface area (Å²) < 4.78 is 0. The van der Waals surface area contributed by atoms with Gasteiger partial charge in [0.25, 0.3) is 0 Å². The number of hydrogen-bond donors (Lipinski definition) is 4. The predicted molar refractivity (Wildman–Crippen MR) is 65.7 cm³/mol. The van der Waals surface area contributed by atoms with Crippen LogP contribution >= 0.6 is 0 Å². The highest BCUT2D eigenvalue weighted by molar-refractivity contribution is 4.84. The highest BCUT2D eigenvalue weighted by atomic mass is 15.2. The van der Waals surface area contributed by atoms with Crippen molar-refractivity contribution in [3.63, 3.8) is 0 Å². The van der Waals surface area contributed by atoms with Gasteiger partial charge in [0, 0.05) is 51.4 Å². The van der Waals surface area contributed by atoms with E-state index in [1.165, 1.54) is 0 Å². The molecule has 0 saturated carbocycles. The van der Waals surface area contributed by atoms with Crippen LogP contribution in [0.1, 0.15) is 13.8 Å². The van der Waals surface area contributed by atoms with Gasteiger partial charge in [0.2, 0.25) is 0 Å². The Hall–Kier alpha value is -0.200. The van der Waals surface area contributed by atoms with Gasteiger partial charge in [0.1, 0.15) is 0 Å². The predicted octanol–water partition coefficient (Wildman–Crippen LogP) is -1.47. The van der Waals surface area contributed by atoms with Crippen LogP contribution in [0.4, 0.5) is 0 Å². The first-order valence-corrected chi connectivity index (χ1v) is 5.64. The molecule has 0 amide bonds. The van der Waals surface area contributed by atoms with Gasteiger partial charge in [-0.25, -0.2) is 0 Å². The summed E-state index contributed by atoms with van der Waals surface area (Å²) in [6.07, 6.45) is 0. The van der Waals surface area contributed by atoms with Crippen molar-refractivity contribution in [2.24, 2.45) is 17.2 Å². The number of hydrogen-bond acceptors (Lipinski definition) is 5. The Bertz CT molecular complexity index is 143. The van der Waals surface area contributed by atoms with Gasteiger partial charge in [0.15, 0.2) is 0 Å². The van der Waals surface area contributed by atoms with E-state index in [0.717, 1.165) is 26.2 Å². The zero-order valence-electron chi connectivity index (χ0n) is 10.1. The standard InChI is InChI=1S/C10H27N5/c1-10(2,9-14-6-3-11)15(7-4-12)8-5-13/h14H,3-9,11-13H2,1-2H3. The maximum Gasteiger partial charge on any atom is 0.0278 e. The molecule has 7 N–H and O–H groups in total. The summed E-state index contributed by atoms with van der Waals surface area (Å²) in [5.41, 5.74) is 16.7. The van der Waals surface area contributed by atoms with E-state index in [-0.39, 0.29) is 5.54 Å². The van der Waals surface area contributed by atoms with Crippen molar-refractivity contribution in [2.75, 3.05) is 45.8 Å². The lowest BCUT2D eigenvalue weighted by atomic mass is 10.0. The van der Waals surface area contributed by atoms with Crippen LogP contribution < -0.4 is 22.5 Å². The third-order valence-electron chi connectivity index (χ3n) is 2.53. The minimum atomic E-state index is 0.0773. The molecule has 0 rings (SSSR count). The van der Waals surface area contributed by atoms with Crippen LogP contribution in [0.15, 0.2) is 0 Å².